The lowest BCUT2D eigenvalue weighted by Gasteiger charge is -2.16. The van der Waals surface area contributed by atoms with E-state index in [0.717, 1.165) is 6.07 Å². The minimum Gasteiger partial charge on any atom is -0.445 e. The Bertz CT molecular complexity index is 296. The van der Waals surface area contributed by atoms with Crippen molar-refractivity contribution >= 4 is 12.4 Å². The third-order valence-corrected chi connectivity index (χ3v) is 1.47. The average Bonchev–Trinajstić information content (AvgIpc) is 1.83. The zero-order valence-corrected chi connectivity index (χ0v) is 6.19. The molecule has 0 atom stereocenters. The fourth-order valence-electron chi connectivity index (χ4n) is 0.875. The lowest BCUT2D eigenvalue weighted by Crippen LogP contribution is -2.36. The molecule has 0 unspecified atom stereocenters. The van der Waals surface area contributed by atoms with Gasteiger partial charge in [-0.25, -0.2) is 4.98 Å². The van der Waals surface area contributed by atoms with Crippen molar-refractivity contribution in [3.8, 4) is 0 Å². The van der Waals surface area contributed by atoms with Gasteiger partial charge in [-0.1, -0.05) is 11.0 Å². The molecule has 0 saturated carbocycles. The smallest absolute Gasteiger partial charge is 0.445 e. The number of hydrogen-bond acceptors (Lipinski definition) is 1. The molecule has 0 fully saturated rings. The van der Waals surface area contributed by atoms with E-state index in [9.17, 15) is 17.3 Å². The quantitative estimate of drug-likeness (QED) is 0.361. The fourth-order valence-corrected chi connectivity index (χ4v) is 0.875. The highest BCUT2D eigenvalue weighted by atomic mass is 19.4. The predicted molar refractivity (Wildman–Crippen MR) is 37.6 cm³/mol. The van der Waals surface area contributed by atoms with E-state index in [1.165, 1.54) is 6.92 Å². The van der Waals surface area contributed by atoms with Crippen molar-refractivity contribution in [2.75, 3.05) is 0 Å². The first-order valence-corrected chi connectivity index (χ1v) is 3.23. The summed E-state index contributed by atoms with van der Waals surface area (Å²) in [7, 11) is 0. The van der Waals surface area contributed by atoms with Crippen LogP contribution in [0.4, 0.5) is 17.3 Å². The van der Waals surface area contributed by atoms with E-state index in [1.54, 1.807) is 0 Å². The number of pyridine rings is 1. The van der Waals surface area contributed by atoms with Crippen molar-refractivity contribution in [2.45, 2.75) is 6.92 Å². The largest absolute Gasteiger partial charge is 0.511 e. The number of hydrogen-bond donors (Lipinski definition) is 0. The highest BCUT2D eigenvalue weighted by Crippen LogP contribution is 2.11. The van der Waals surface area contributed by atoms with Crippen molar-refractivity contribution in [3.05, 3.63) is 23.8 Å². The molecule has 0 aromatic carbocycles. The molecule has 0 saturated heterocycles. The van der Waals surface area contributed by atoms with E-state index < -0.39 is 18.4 Å². The van der Waals surface area contributed by atoms with Crippen LogP contribution < -0.4 is 5.46 Å². The summed E-state index contributed by atoms with van der Waals surface area (Å²) in [6.45, 7) is -3.87. The van der Waals surface area contributed by atoms with Gasteiger partial charge in [0.15, 0.2) is 0 Å². The highest BCUT2D eigenvalue weighted by molar-refractivity contribution is 6.73. The maximum absolute atomic E-state index is 12.3. The molecule has 1 aromatic rings. The van der Waals surface area contributed by atoms with Crippen molar-refractivity contribution in [1.82, 2.24) is 4.98 Å². The van der Waals surface area contributed by atoms with Crippen molar-refractivity contribution < 1.29 is 17.3 Å². The standard InChI is InChI=1S/C6H5BF4N/c1-4-2-6(8)12-3-5(4)7(9,10)11/h2-3H,1H3/q-1. The summed E-state index contributed by atoms with van der Waals surface area (Å²) in [5, 5.41) is 0. The molecule has 0 radical (unpaired) electrons. The van der Waals surface area contributed by atoms with Crippen LogP contribution in [0.5, 0.6) is 0 Å². The van der Waals surface area contributed by atoms with E-state index in [2.05, 4.69) is 4.98 Å². The Balaban J connectivity index is 3.19. The molecule has 0 aliphatic heterocycles. The minimum atomic E-state index is -5.07. The van der Waals surface area contributed by atoms with Crippen LogP contribution in [0.15, 0.2) is 12.3 Å². The minimum absolute atomic E-state index is 0.130. The molecule has 1 nitrogen and oxygen atoms in total. The summed E-state index contributed by atoms with van der Waals surface area (Å²) in [6, 6.07) is 0.768. The third-order valence-electron chi connectivity index (χ3n) is 1.47. The van der Waals surface area contributed by atoms with E-state index >= 15 is 0 Å². The number of aryl methyl sites for hydroxylation is 1. The zero-order chi connectivity index (χ0) is 9.35. The Labute approximate surface area is 66.5 Å². The third kappa shape index (κ3) is 1.75. The summed E-state index contributed by atoms with van der Waals surface area (Å²) in [5.74, 6) is -0.892. The van der Waals surface area contributed by atoms with Crippen LogP contribution in [0.3, 0.4) is 0 Å². The number of halogens is 4. The van der Waals surface area contributed by atoms with Crippen molar-refractivity contribution in [1.29, 1.82) is 0 Å². The molecule has 0 aliphatic carbocycles. The molecule has 6 heteroatoms. The number of nitrogens with zero attached hydrogens (tertiary/aromatic N) is 1. The van der Waals surface area contributed by atoms with Crippen LogP contribution >= 0.6 is 0 Å². The Morgan fingerprint density at radius 2 is 1.92 bits per heavy atom. The number of rotatable bonds is 1. The van der Waals surface area contributed by atoms with Gasteiger partial charge in [-0.3, -0.25) is 0 Å². The van der Waals surface area contributed by atoms with Crippen LogP contribution in [0.1, 0.15) is 5.56 Å². The van der Waals surface area contributed by atoms with Crippen LogP contribution in [-0.2, 0) is 0 Å². The van der Waals surface area contributed by atoms with Gasteiger partial charge in [0.2, 0.25) is 5.95 Å². The SMILES string of the molecule is Cc1cc(F)ncc1[B-](F)(F)F. The second-order valence-electron chi connectivity index (χ2n) is 2.44. The van der Waals surface area contributed by atoms with Gasteiger partial charge in [-0.05, 0) is 13.0 Å². The Kier molecular flexibility index (Phi) is 2.08. The molecule has 12 heavy (non-hydrogen) atoms. The molecule has 66 valence electrons. The van der Waals surface area contributed by atoms with Gasteiger partial charge in [0, 0.05) is 6.20 Å². The summed E-state index contributed by atoms with van der Waals surface area (Å²) >= 11 is 0. The molecule has 1 heterocycles. The maximum atomic E-state index is 12.3. The van der Waals surface area contributed by atoms with Gasteiger partial charge in [0.05, 0.1) is 0 Å². The van der Waals surface area contributed by atoms with Gasteiger partial charge in [0.1, 0.15) is 0 Å². The molecule has 0 bridgehead atoms. The van der Waals surface area contributed by atoms with Gasteiger partial charge in [-0.2, -0.15) is 4.39 Å². The van der Waals surface area contributed by atoms with Crippen molar-refractivity contribution in [3.63, 3.8) is 0 Å². The Hall–Kier alpha value is -1.07. The topological polar surface area (TPSA) is 12.9 Å². The number of aromatic nitrogens is 1. The molecular weight excluding hydrogens is 173 g/mol. The van der Waals surface area contributed by atoms with Gasteiger partial charge in [0.25, 0.3) is 0 Å². The second kappa shape index (κ2) is 2.77. The molecule has 1 rings (SSSR count). The molecule has 1 aromatic heterocycles. The van der Waals surface area contributed by atoms with E-state index in [1.807, 2.05) is 0 Å². The van der Waals surface area contributed by atoms with E-state index in [0.29, 0.717) is 6.20 Å². The maximum Gasteiger partial charge on any atom is 0.511 e. The monoisotopic (exact) mass is 178 g/mol. The van der Waals surface area contributed by atoms with E-state index in [4.69, 9.17) is 0 Å². The Morgan fingerprint density at radius 3 is 2.33 bits per heavy atom. The molecule has 0 spiro atoms. The highest BCUT2D eigenvalue weighted by Gasteiger charge is 2.27. The fraction of sp³-hybridized carbons (Fsp3) is 0.167. The summed E-state index contributed by atoms with van der Waals surface area (Å²) < 4.78 is 48.5. The molecule has 0 N–H and O–H groups in total. The first-order valence-electron chi connectivity index (χ1n) is 3.23. The van der Waals surface area contributed by atoms with Gasteiger partial charge in [-0.15, -0.1) is 0 Å². The summed E-state index contributed by atoms with van der Waals surface area (Å²) in [6.07, 6.45) is 0.519. The van der Waals surface area contributed by atoms with Crippen molar-refractivity contribution in [2.24, 2.45) is 0 Å². The normalized spacial score (nSPS) is 11.8. The molecule has 0 aliphatic rings. The summed E-state index contributed by atoms with van der Waals surface area (Å²) in [4.78, 5) is 2.94. The van der Waals surface area contributed by atoms with Gasteiger partial charge >= 0.3 is 6.98 Å². The average molecular weight is 178 g/mol. The lowest BCUT2D eigenvalue weighted by atomic mass is 9.78. The Morgan fingerprint density at radius 1 is 1.33 bits per heavy atom. The van der Waals surface area contributed by atoms with Crippen LogP contribution in [0.25, 0.3) is 0 Å². The van der Waals surface area contributed by atoms with Crippen LogP contribution in [0.2, 0.25) is 0 Å². The molecule has 0 amide bonds. The zero-order valence-electron chi connectivity index (χ0n) is 6.19. The predicted octanol–water partition coefficient (Wildman–Crippen LogP) is 1.58. The summed E-state index contributed by atoms with van der Waals surface area (Å²) in [5.41, 5.74) is -0.966. The van der Waals surface area contributed by atoms with Crippen LogP contribution in [-0.4, -0.2) is 12.0 Å². The first kappa shape index (κ1) is 9.03. The first-order chi connectivity index (χ1) is 5.41. The van der Waals surface area contributed by atoms with Gasteiger partial charge < -0.3 is 12.9 Å². The van der Waals surface area contributed by atoms with E-state index in [-0.39, 0.29) is 5.56 Å². The van der Waals surface area contributed by atoms with Crippen LogP contribution in [0, 0.1) is 12.9 Å². The lowest BCUT2D eigenvalue weighted by molar-refractivity contribution is 0.499. The molecular formula is C6H5BF4N-. The second-order valence-corrected chi connectivity index (χ2v) is 2.44.